The van der Waals surface area contributed by atoms with Crippen molar-refractivity contribution < 1.29 is 17.9 Å². The number of imidazole rings is 1. The summed E-state index contributed by atoms with van der Waals surface area (Å²) >= 11 is 3.44. The smallest absolute Gasteiger partial charge is 0.209 e. The van der Waals surface area contributed by atoms with Crippen LogP contribution in [0.4, 0.5) is 0 Å². The van der Waals surface area contributed by atoms with Gasteiger partial charge < -0.3 is 14.0 Å². The molecule has 36 heavy (non-hydrogen) atoms. The summed E-state index contributed by atoms with van der Waals surface area (Å²) in [4.78, 5) is 8.76. The van der Waals surface area contributed by atoms with Gasteiger partial charge in [-0.2, -0.15) is 0 Å². The van der Waals surface area contributed by atoms with Gasteiger partial charge in [0.1, 0.15) is 36.6 Å². The maximum atomic E-state index is 11.5. The summed E-state index contributed by atoms with van der Waals surface area (Å²) < 4.78 is 37.6. The van der Waals surface area contributed by atoms with Crippen molar-refractivity contribution in [2.75, 3.05) is 19.5 Å². The first-order chi connectivity index (χ1) is 17.3. The Balaban J connectivity index is 1.17. The van der Waals surface area contributed by atoms with Gasteiger partial charge in [-0.05, 0) is 60.7 Å². The Hall–Kier alpha value is -2.91. The predicted octanol–water partition coefficient (Wildman–Crippen LogP) is 5.10. The monoisotopic (exact) mass is 571 g/mol. The number of hydrogen-bond donors (Lipinski definition) is 0. The van der Waals surface area contributed by atoms with Gasteiger partial charge in [-0.25, -0.2) is 18.4 Å². The molecule has 0 fully saturated rings. The molecule has 0 saturated carbocycles. The molecule has 4 rings (SSSR count). The molecule has 1 atom stereocenters. The molecule has 0 radical (unpaired) electrons. The van der Waals surface area contributed by atoms with Crippen LogP contribution in [-0.2, 0) is 33.3 Å². The fourth-order valence-corrected chi connectivity index (χ4v) is 4.80. The van der Waals surface area contributed by atoms with E-state index in [9.17, 15) is 8.42 Å². The van der Waals surface area contributed by atoms with Crippen LogP contribution in [0.15, 0.2) is 76.5 Å². The van der Waals surface area contributed by atoms with Crippen LogP contribution in [0.2, 0.25) is 0 Å². The van der Waals surface area contributed by atoms with Gasteiger partial charge in [0.15, 0.2) is 9.84 Å². The molecule has 1 aliphatic rings. The molecule has 0 bridgehead atoms. The summed E-state index contributed by atoms with van der Waals surface area (Å²) in [5.41, 5.74) is 2.33. The molecular weight excluding hydrogens is 542 g/mol. The summed E-state index contributed by atoms with van der Waals surface area (Å²) in [6.07, 6.45) is 11.5. The van der Waals surface area contributed by atoms with Gasteiger partial charge in [0, 0.05) is 35.7 Å². The number of nitrogens with zero attached hydrogens (tertiary/aromatic N) is 3. The van der Waals surface area contributed by atoms with Crippen LogP contribution in [0.25, 0.3) is 6.08 Å². The van der Waals surface area contributed by atoms with Gasteiger partial charge in [0.05, 0.1) is 0 Å². The molecule has 7 nitrogen and oxygen atoms in total. The van der Waals surface area contributed by atoms with Crippen molar-refractivity contribution in [3.63, 3.8) is 0 Å². The highest BCUT2D eigenvalue weighted by atomic mass is 79.9. The third-order valence-electron chi connectivity index (χ3n) is 5.69. The van der Waals surface area contributed by atoms with E-state index in [0.717, 1.165) is 41.6 Å². The van der Waals surface area contributed by atoms with E-state index >= 15 is 0 Å². The number of unbranched alkanes of at least 4 members (excludes halogenated alkanes) is 1. The molecule has 2 heterocycles. The average Bonchev–Trinajstić information content (AvgIpc) is 3.49. The minimum absolute atomic E-state index is 0.0231. The van der Waals surface area contributed by atoms with Gasteiger partial charge in [-0.15, -0.1) is 0 Å². The van der Waals surface area contributed by atoms with E-state index in [4.69, 9.17) is 9.47 Å². The maximum Gasteiger partial charge on any atom is 0.209 e. The highest BCUT2D eigenvalue weighted by Gasteiger charge is 2.18. The second-order valence-electron chi connectivity index (χ2n) is 8.84. The number of aliphatic imine (C=N–C) groups is 1. The van der Waals surface area contributed by atoms with Crippen molar-refractivity contribution in [2.24, 2.45) is 4.99 Å². The summed E-state index contributed by atoms with van der Waals surface area (Å²) in [6, 6.07) is 16.2. The van der Waals surface area contributed by atoms with Gasteiger partial charge >= 0.3 is 0 Å². The fraction of sp³-hybridized carbons (Fsp3) is 0.333. The minimum Gasteiger partial charge on any atom is -0.491 e. The lowest BCUT2D eigenvalue weighted by Gasteiger charge is -2.10. The first-order valence-electron chi connectivity index (χ1n) is 11.9. The zero-order chi connectivity index (χ0) is 25.4. The standard InChI is InChI=1S/C27H30BrN3O4S/c1-36(32,33)20-26-29-15-17-31(26)16-3-2-4-21-7-12-25(13-8-21)34-18-24-19-35-27(30-24)14-9-22-5-10-23(28)11-6-22/h5-15,17,24H,2-4,16,18-20H2,1H3/b14-9+. The van der Waals surface area contributed by atoms with E-state index < -0.39 is 9.84 Å². The van der Waals surface area contributed by atoms with Crippen molar-refractivity contribution in [3.05, 3.63) is 88.4 Å². The van der Waals surface area contributed by atoms with Gasteiger partial charge in [-0.1, -0.05) is 40.2 Å². The zero-order valence-electron chi connectivity index (χ0n) is 20.2. The normalized spacial score (nSPS) is 15.7. The van der Waals surface area contributed by atoms with Crippen LogP contribution in [0.3, 0.4) is 0 Å². The average molecular weight is 573 g/mol. The lowest BCUT2D eigenvalue weighted by atomic mass is 10.1. The molecule has 0 aliphatic carbocycles. The number of rotatable bonds is 12. The molecule has 190 valence electrons. The van der Waals surface area contributed by atoms with Crippen LogP contribution >= 0.6 is 15.9 Å². The predicted molar refractivity (Wildman–Crippen MR) is 146 cm³/mol. The number of aromatic nitrogens is 2. The van der Waals surface area contributed by atoms with Crippen LogP contribution in [0.1, 0.15) is 29.8 Å². The molecule has 1 aliphatic heterocycles. The summed E-state index contributed by atoms with van der Waals surface area (Å²) in [5.74, 6) is 2.02. The van der Waals surface area contributed by atoms with E-state index in [1.165, 1.54) is 11.8 Å². The molecule has 2 aromatic carbocycles. The number of aryl methyl sites for hydroxylation is 2. The summed E-state index contributed by atoms with van der Waals surface area (Å²) in [6.45, 7) is 1.74. The zero-order valence-corrected chi connectivity index (χ0v) is 22.6. The van der Waals surface area contributed by atoms with Crippen molar-refractivity contribution in [1.29, 1.82) is 0 Å². The van der Waals surface area contributed by atoms with Crippen molar-refractivity contribution in [3.8, 4) is 5.75 Å². The maximum absolute atomic E-state index is 11.5. The Morgan fingerprint density at radius 1 is 1.11 bits per heavy atom. The first-order valence-corrected chi connectivity index (χ1v) is 14.7. The van der Waals surface area contributed by atoms with Crippen molar-refractivity contribution in [2.45, 2.75) is 37.6 Å². The van der Waals surface area contributed by atoms with Crippen LogP contribution in [0.5, 0.6) is 5.75 Å². The van der Waals surface area contributed by atoms with E-state index in [0.29, 0.717) is 24.9 Å². The highest BCUT2D eigenvalue weighted by Crippen LogP contribution is 2.17. The number of halogens is 1. The number of ether oxygens (including phenoxy) is 2. The quantitative estimate of drug-likeness (QED) is 0.282. The molecule has 0 amide bonds. The second-order valence-corrected chi connectivity index (χ2v) is 11.9. The molecule has 1 unspecified atom stereocenters. The first kappa shape index (κ1) is 26.2. The molecule has 0 spiro atoms. The highest BCUT2D eigenvalue weighted by molar-refractivity contribution is 9.10. The largest absolute Gasteiger partial charge is 0.491 e. The Labute approximate surface area is 220 Å². The molecule has 0 N–H and O–H groups in total. The lowest BCUT2D eigenvalue weighted by Crippen LogP contribution is -2.17. The van der Waals surface area contributed by atoms with Gasteiger partial charge in [0.25, 0.3) is 0 Å². The SMILES string of the molecule is CS(=O)(=O)Cc1nccn1CCCCc1ccc(OCC2COC(/C=C/c3ccc(Br)cc3)=N2)cc1. The summed E-state index contributed by atoms with van der Waals surface area (Å²) in [7, 11) is -3.09. The Morgan fingerprint density at radius 3 is 2.64 bits per heavy atom. The Morgan fingerprint density at radius 2 is 1.89 bits per heavy atom. The lowest BCUT2D eigenvalue weighted by molar-refractivity contribution is 0.243. The topological polar surface area (TPSA) is 82.8 Å². The number of benzene rings is 2. The van der Waals surface area contributed by atoms with E-state index in [1.54, 1.807) is 6.20 Å². The molecule has 0 saturated heterocycles. The molecular formula is C27H30BrN3O4S. The Bertz CT molecular complexity index is 1300. The third-order valence-corrected chi connectivity index (χ3v) is 7.01. The van der Waals surface area contributed by atoms with Gasteiger partial charge in [-0.3, -0.25) is 0 Å². The second kappa shape index (κ2) is 12.4. The third kappa shape index (κ3) is 8.34. The van der Waals surface area contributed by atoms with Crippen LogP contribution in [0, 0.1) is 0 Å². The molecule has 9 heteroatoms. The number of sulfone groups is 1. The van der Waals surface area contributed by atoms with Gasteiger partial charge in [0.2, 0.25) is 5.90 Å². The van der Waals surface area contributed by atoms with Crippen LogP contribution in [-0.4, -0.2) is 49.4 Å². The summed E-state index contributed by atoms with van der Waals surface area (Å²) in [5, 5.41) is 0. The van der Waals surface area contributed by atoms with E-state index in [-0.39, 0.29) is 11.8 Å². The van der Waals surface area contributed by atoms with Crippen LogP contribution < -0.4 is 4.74 Å². The van der Waals surface area contributed by atoms with E-state index in [1.807, 2.05) is 59.3 Å². The van der Waals surface area contributed by atoms with E-state index in [2.05, 4.69) is 38.0 Å². The Kier molecular flexibility index (Phi) is 8.98. The fourth-order valence-electron chi connectivity index (χ4n) is 3.83. The molecule has 1 aromatic heterocycles. The van der Waals surface area contributed by atoms with Crippen molar-refractivity contribution in [1.82, 2.24) is 9.55 Å². The molecule has 3 aromatic rings. The minimum atomic E-state index is -3.09. The van der Waals surface area contributed by atoms with Crippen molar-refractivity contribution >= 4 is 37.7 Å². The number of hydrogen-bond acceptors (Lipinski definition) is 6.